The molecular weight excluding hydrogens is 264 g/mol. The van der Waals surface area contributed by atoms with Crippen LogP contribution in [0.2, 0.25) is 5.02 Å². The highest BCUT2D eigenvalue weighted by atomic mass is 35.5. The molecule has 106 valence electrons. The first-order valence-electron chi connectivity index (χ1n) is 6.33. The number of carbonyl (C=O) groups is 1. The molecule has 0 saturated carbocycles. The van der Waals surface area contributed by atoms with Crippen LogP contribution in [0.15, 0.2) is 18.2 Å². The van der Waals surface area contributed by atoms with Gasteiger partial charge in [0.15, 0.2) is 6.10 Å². The van der Waals surface area contributed by atoms with Gasteiger partial charge in [0.05, 0.1) is 5.02 Å². The van der Waals surface area contributed by atoms with E-state index in [0.29, 0.717) is 10.8 Å². The topological polar surface area (TPSA) is 64.3 Å². The van der Waals surface area contributed by atoms with Crippen LogP contribution in [0, 0.1) is 0 Å². The van der Waals surface area contributed by atoms with Gasteiger partial charge in [0.1, 0.15) is 5.75 Å². The number of rotatable bonds is 5. The second kappa shape index (κ2) is 6.78. The van der Waals surface area contributed by atoms with Gasteiger partial charge in [0.2, 0.25) is 0 Å². The standard InChI is InChI=1S/C14H21ClN2O2/c1-8(2)17-14(18)10(4)19-13-6-5-11(9(3)16)7-12(13)15/h5-10H,16H2,1-4H3,(H,17,18)/t9-,10?/m0/s1. The molecule has 2 atom stereocenters. The first-order chi connectivity index (χ1) is 8.81. The fourth-order valence-corrected chi connectivity index (χ4v) is 1.78. The summed E-state index contributed by atoms with van der Waals surface area (Å²) in [5.41, 5.74) is 6.70. The predicted octanol–water partition coefficient (Wildman–Crippen LogP) is 2.65. The molecule has 0 radical (unpaired) electrons. The first-order valence-corrected chi connectivity index (χ1v) is 6.71. The lowest BCUT2D eigenvalue weighted by Crippen LogP contribution is -2.40. The lowest BCUT2D eigenvalue weighted by atomic mass is 10.1. The summed E-state index contributed by atoms with van der Waals surface area (Å²) in [6, 6.07) is 5.33. The molecule has 3 N–H and O–H groups in total. The van der Waals surface area contributed by atoms with Crippen LogP contribution < -0.4 is 15.8 Å². The highest BCUT2D eigenvalue weighted by Gasteiger charge is 2.17. The monoisotopic (exact) mass is 284 g/mol. The molecule has 4 nitrogen and oxygen atoms in total. The van der Waals surface area contributed by atoms with Crippen LogP contribution in [0.25, 0.3) is 0 Å². The minimum Gasteiger partial charge on any atom is -0.479 e. The van der Waals surface area contributed by atoms with Crippen LogP contribution in [-0.2, 0) is 4.79 Å². The molecule has 0 aliphatic carbocycles. The van der Waals surface area contributed by atoms with Gasteiger partial charge in [-0.3, -0.25) is 4.79 Å². The van der Waals surface area contributed by atoms with Crippen LogP contribution >= 0.6 is 11.6 Å². The molecule has 0 fully saturated rings. The van der Waals surface area contributed by atoms with Gasteiger partial charge in [0, 0.05) is 12.1 Å². The van der Waals surface area contributed by atoms with Crippen molar-refractivity contribution in [1.29, 1.82) is 0 Å². The van der Waals surface area contributed by atoms with Crippen molar-refractivity contribution in [3.05, 3.63) is 28.8 Å². The molecular formula is C14H21ClN2O2. The Bertz CT molecular complexity index is 447. The molecule has 19 heavy (non-hydrogen) atoms. The number of nitrogens with one attached hydrogen (secondary N) is 1. The van der Waals surface area contributed by atoms with Crippen LogP contribution in [0.4, 0.5) is 0 Å². The molecule has 0 heterocycles. The molecule has 0 bridgehead atoms. The summed E-state index contributed by atoms with van der Waals surface area (Å²) in [5, 5.41) is 3.24. The summed E-state index contributed by atoms with van der Waals surface area (Å²) >= 11 is 6.12. The molecule has 1 aromatic rings. The zero-order valence-corrected chi connectivity index (χ0v) is 12.5. The average molecular weight is 285 g/mol. The smallest absolute Gasteiger partial charge is 0.260 e. The molecule has 5 heteroatoms. The lowest BCUT2D eigenvalue weighted by molar-refractivity contribution is -0.127. The third-order valence-electron chi connectivity index (χ3n) is 2.59. The van der Waals surface area contributed by atoms with Crippen molar-refractivity contribution in [2.45, 2.75) is 45.9 Å². The number of ether oxygens (including phenoxy) is 1. The fourth-order valence-electron chi connectivity index (χ4n) is 1.54. The third kappa shape index (κ3) is 4.73. The molecule has 1 aromatic carbocycles. The van der Waals surface area contributed by atoms with E-state index in [9.17, 15) is 4.79 Å². The van der Waals surface area contributed by atoms with Crippen molar-refractivity contribution in [2.24, 2.45) is 5.73 Å². The molecule has 1 rings (SSSR count). The van der Waals surface area contributed by atoms with E-state index in [0.717, 1.165) is 5.56 Å². The lowest BCUT2D eigenvalue weighted by Gasteiger charge is -2.18. The van der Waals surface area contributed by atoms with Gasteiger partial charge < -0.3 is 15.8 Å². The Balaban J connectivity index is 2.74. The maximum Gasteiger partial charge on any atom is 0.260 e. The summed E-state index contributed by atoms with van der Waals surface area (Å²) in [6.07, 6.45) is -0.596. The van der Waals surface area contributed by atoms with Crippen molar-refractivity contribution in [3.8, 4) is 5.75 Å². The Hall–Kier alpha value is -1.26. The summed E-state index contributed by atoms with van der Waals surface area (Å²) in [5.74, 6) is 0.319. The Morgan fingerprint density at radius 1 is 1.32 bits per heavy atom. The van der Waals surface area contributed by atoms with E-state index in [4.69, 9.17) is 22.1 Å². The average Bonchev–Trinajstić information content (AvgIpc) is 2.30. The predicted molar refractivity (Wildman–Crippen MR) is 77.4 cm³/mol. The van der Waals surface area contributed by atoms with Crippen LogP contribution in [0.1, 0.15) is 39.3 Å². The van der Waals surface area contributed by atoms with Gasteiger partial charge in [-0.25, -0.2) is 0 Å². The highest BCUT2D eigenvalue weighted by molar-refractivity contribution is 6.32. The molecule has 1 amide bonds. The summed E-state index contributed by atoms with van der Waals surface area (Å²) < 4.78 is 5.56. The van der Waals surface area contributed by atoms with E-state index in [1.807, 2.05) is 26.8 Å². The van der Waals surface area contributed by atoms with Crippen LogP contribution in [0.5, 0.6) is 5.75 Å². The minimum absolute atomic E-state index is 0.0782. The van der Waals surface area contributed by atoms with Gasteiger partial charge in [-0.1, -0.05) is 17.7 Å². The number of hydrogen-bond donors (Lipinski definition) is 2. The Morgan fingerprint density at radius 3 is 2.42 bits per heavy atom. The fraction of sp³-hybridized carbons (Fsp3) is 0.500. The van der Waals surface area contributed by atoms with Gasteiger partial charge in [0.25, 0.3) is 5.91 Å². The Labute approximate surface area is 119 Å². The maximum atomic E-state index is 11.7. The number of nitrogens with two attached hydrogens (primary N) is 1. The molecule has 0 aliphatic heterocycles. The van der Waals surface area contributed by atoms with E-state index < -0.39 is 6.10 Å². The number of hydrogen-bond acceptors (Lipinski definition) is 3. The SMILES string of the molecule is CC(C)NC(=O)C(C)Oc1ccc([C@H](C)N)cc1Cl. The van der Waals surface area contributed by atoms with E-state index in [-0.39, 0.29) is 18.0 Å². The zero-order valence-electron chi connectivity index (χ0n) is 11.7. The van der Waals surface area contributed by atoms with Gasteiger partial charge in [-0.2, -0.15) is 0 Å². The number of amides is 1. The number of benzene rings is 1. The van der Waals surface area contributed by atoms with Gasteiger partial charge in [-0.15, -0.1) is 0 Å². The van der Waals surface area contributed by atoms with E-state index >= 15 is 0 Å². The van der Waals surface area contributed by atoms with E-state index in [1.165, 1.54) is 0 Å². The van der Waals surface area contributed by atoms with Crippen LogP contribution in [0.3, 0.4) is 0 Å². The number of halogens is 1. The molecule has 0 aliphatic rings. The van der Waals surface area contributed by atoms with Crippen molar-refractivity contribution in [3.63, 3.8) is 0 Å². The minimum atomic E-state index is -0.596. The second-order valence-corrected chi connectivity index (χ2v) is 5.31. The largest absolute Gasteiger partial charge is 0.479 e. The van der Waals surface area contributed by atoms with Crippen molar-refractivity contribution in [2.75, 3.05) is 0 Å². The highest BCUT2D eigenvalue weighted by Crippen LogP contribution is 2.28. The molecule has 0 saturated heterocycles. The van der Waals surface area contributed by atoms with Crippen molar-refractivity contribution >= 4 is 17.5 Å². The van der Waals surface area contributed by atoms with Crippen LogP contribution in [-0.4, -0.2) is 18.1 Å². The normalized spacial score (nSPS) is 14.1. The summed E-state index contributed by atoms with van der Waals surface area (Å²) in [6.45, 7) is 7.36. The number of carbonyl (C=O) groups excluding carboxylic acids is 1. The summed E-state index contributed by atoms with van der Waals surface area (Å²) in [4.78, 5) is 11.7. The quantitative estimate of drug-likeness (QED) is 0.874. The molecule has 1 unspecified atom stereocenters. The molecule has 0 aromatic heterocycles. The Morgan fingerprint density at radius 2 is 1.95 bits per heavy atom. The van der Waals surface area contributed by atoms with Gasteiger partial charge >= 0.3 is 0 Å². The summed E-state index contributed by atoms with van der Waals surface area (Å²) in [7, 11) is 0. The zero-order chi connectivity index (χ0) is 14.6. The van der Waals surface area contributed by atoms with E-state index in [2.05, 4.69) is 5.32 Å². The van der Waals surface area contributed by atoms with E-state index in [1.54, 1.807) is 19.1 Å². The van der Waals surface area contributed by atoms with Gasteiger partial charge in [-0.05, 0) is 45.4 Å². The Kier molecular flexibility index (Phi) is 5.63. The second-order valence-electron chi connectivity index (χ2n) is 4.90. The third-order valence-corrected chi connectivity index (χ3v) is 2.88. The molecule has 0 spiro atoms. The first kappa shape index (κ1) is 15.8. The van der Waals surface area contributed by atoms with Crippen molar-refractivity contribution in [1.82, 2.24) is 5.32 Å². The maximum absolute atomic E-state index is 11.7. The van der Waals surface area contributed by atoms with Crippen molar-refractivity contribution < 1.29 is 9.53 Å².